The lowest BCUT2D eigenvalue weighted by Crippen LogP contribution is -2.03. The summed E-state index contributed by atoms with van der Waals surface area (Å²) in [6, 6.07) is 21.6. The van der Waals surface area contributed by atoms with Crippen molar-refractivity contribution in [2.75, 3.05) is 0 Å². The van der Waals surface area contributed by atoms with Gasteiger partial charge in [0.2, 0.25) is 5.75 Å². The van der Waals surface area contributed by atoms with Crippen molar-refractivity contribution >= 4 is 11.5 Å². The number of nitro groups is 1. The van der Waals surface area contributed by atoms with Crippen LogP contribution in [0.15, 0.2) is 78.9 Å². The molecule has 24 heavy (non-hydrogen) atoms. The van der Waals surface area contributed by atoms with Gasteiger partial charge in [-0.2, -0.15) is 0 Å². The summed E-state index contributed by atoms with van der Waals surface area (Å²) >= 11 is 0. The summed E-state index contributed by atoms with van der Waals surface area (Å²) in [7, 11) is 0. The van der Waals surface area contributed by atoms with E-state index in [2.05, 4.69) is 0 Å². The van der Waals surface area contributed by atoms with Gasteiger partial charge < -0.3 is 4.74 Å². The van der Waals surface area contributed by atoms with E-state index in [0.717, 1.165) is 0 Å². The predicted molar refractivity (Wildman–Crippen MR) is 89.5 cm³/mol. The minimum atomic E-state index is -0.556. The fraction of sp³-hybridized carbons (Fsp3) is 0. The van der Waals surface area contributed by atoms with E-state index >= 15 is 0 Å². The molecule has 0 saturated carbocycles. The summed E-state index contributed by atoms with van der Waals surface area (Å²) in [6.45, 7) is 0. The quantitative estimate of drug-likeness (QED) is 0.391. The highest BCUT2D eigenvalue weighted by Crippen LogP contribution is 2.32. The molecule has 0 N–H and O–H groups in total. The number of ether oxygens (including phenoxy) is 1. The molecule has 0 saturated heterocycles. The number of hydrogen-bond donors (Lipinski definition) is 0. The topological polar surface area (TPSA) is 69.4 Å². The number of ketones is 1. The monoisotopic (exact) mass is 319 g/mol. The highest BCUT2D eigenvalue weighted by Gasteiger charge is 2.20. The third kappa shape index (κ3) is 3.30. The van der Waals surface area contributed by atoms with Crippen LogP contribution < -0.4 is 4.74 Å². The Hall–Kier alpha value is -3.47. The Kier molecular flexibility index (Phi) is 4.34. The molecule has 0 heterocycles. The normalized spacial score (nSPS) is 10.2. The van der Waals surface area contributed by atoms with Gasteiger partial charge in [-0.05, 0) is 24.3 Å². The van der Waals surface area contributed by atoms with E-state index in [9.17, 15) is 14.9 Å². The Balaban J connectivity index is 1.96. The molecular weight excluding hydrogens is 306 g/mol. The van der Waals surface area contributed by atoms with E-state index in [4.69, 9.17) is 4.74 Å². The molecular formula is C19H13NO4. The maximum absolute atomic E-state index is 12.4. The molecule has 0 amide bonds. The predicted octanol–water partition coefficient (Wildman–Crippen LogP) is 4.62. The minimum absolute atomic E-state index is 0.0933. The number of nitrogens with zero attached hydrogens (tertiary/aromatic N) is 1. The lowest BCUT2D eigenvalue weighted by molar-refractivity contribution is -0.385. The Labute approximate surface area is 138 Å². The van der Waals surface area contributed by atoms with Gasteiger partial charge in [0, 0.05) is 17.2 Å². The van der Waals surface area contributed by atoms with Crippen LogP contribution >= 0.6 is 0 Å². The highest BCUT2D eigenvalue weighted by atomic mass is 16.6. The van der Waals surface area contributed by atoms with Crippen molar-refractivity contribution in [3.05, 3.63) is 100 Å². The van der Waals surface area contributed by atoms with Crippen LogP contribution in [0.5, 0.6) is 11.5 Å². The van der Waals surface area contributed by atoms with Crippen LogP contribution in [0, 0.1) is 10.1 Å². The first-order chi connectivity index (χ1) is 11.6. The number of nitro benzene ring substituents is 1. The van der Waals surface area contributed by atoms with E-state index in [1.54, 1.807) is 54.6 Å². The zero-order valence-corrected chi connectivity index (χ0v) is 12.6. The molecule has 0 fully saturated rings. The maximum Gasteiger partial charge on any atom is 0.312 e. The number of carbonyl (C=O) groups is 1. The molecule has 118 valence electrons. The van der Waals surface area contributed by atoms with Gasteiger partial charge in [-0.15, -0.1) is 0 Å². The van der Waals surface area contributed by atoms with E-state index in [1.165, 1.54) is 18.2 Å². The average Bonchev–Trinajstić information content (AvgIpc) is 2.63. The molecule has 0 aliphatic heterocycles. The molecule has 5 heteroatoms. The molecule has 0 spiro atoms. The van der Waals surface area contributed by atoms with Crippen LogP contribution in [-0.4, -0.2) is 10.7 Å². The largest absolute Gasteiger partial charge is 0.450 e. The van der Waals surface area contributed by atoms with Crippen molar-refractivity contribution in [2.45, 2.75) is 0 Å². The number of rotatable bonds is 5. The first kappa shape index (κ1) is 15.4. The molecule has 0 aromatic heterocycles. The number of hydrogen-bond acceptors (Lipinski definition) is 4. The van der Waals surface area contributed by atoms with Crippen LogP contribution in [0.4, 0.5) is 5.69 Å². The fourth-order valence-electron chi connectivity index (χ4n) is 2.26. The third-order valence-electron chi connectivity index (χ3n) is 3.42. The molecule has 3 rings (SSSR count). The van der Waals surface area contributed by atoms with E-state index in [-0.39, 0.29) is 22.8 Å². The summed E-state index contributed by atoms with van der Waals surface area (Å²) in [5.41, 5.74) is 0.470. The highest BCUT2D eigenvalue weighted by molar-refractivity contribution is 6.09. The van der Waals surface area contributed by atoms with Crippen LogP contribution in [0.3, 0.4) is 0 Å². The molecule has 0 unspecified atom stereocenters. The Morgan fingerprint density at radius 3 is 2.08 bits per heavy atom. The van der Waals surface area contributed by atoms with Gasteiger partial charge in [0.15, 0.2) is 5.78 Å². The summed E-state index contributed by atoms with van der Waals surface area (Å²) in [5, 5.41) is 11.3. The van der Waals surface area contributed by atoms with Gasteiger partial charge in [0.05, 0.1) is 4.92 Å². The minimum Gasteiger partial charge on any atom is -0.450 e. The molecule has 3 aromatic carbocycles. The molecule has 0 aliphatic carbocycles. The molecule has 0 atom stereocenters. The second-order valence-electron chi connectivity index (χ2n) is 5.05. The molecule has 0 radical (unpaired) electrons. The van der Waals surface area contributed by atoms with Crippen molar-refractivity contribution in [1.82, 2.24) is 0 Å². The lowest BCUT2D eigenvalue weighted by Gasteiger charge is -2.08. The van der Waals surface area contributed by atoms with Crippen molar-refractivity contribution < 1.29 is 14.5 Å². The summed E-state index contributed by atoms with van der Waals surface area (Å²) in [4.78, 5) is 23.2. The third-order valence-corrected chi connectivity index (χ3v) is 3.42. The van der Waals surface area contributed by atoms with Crippen molar-refractivity contribution in [1.29, 1.82) is 0 Å². The van der Waals surface area contributed by atoms with Gasteiger partial charge >= 0.3 is 5.69 Å². The zero-order valence-electron chi connectivity index (χ0n) is 12.6. The average molecular weight is 319 g/mol. The first-order valence-corrected chi connectivity index (χ1v) is 7.26. The smallest absolute Gasteiger partial charge is 0.312 e. The number of para-hydroxylation sites is 1. The first-order valence-electron chi connectivity index (χ1n) is 7.26. The van der Waals surface area contributed by atoms with Gasteiger partial charge in [0.1, 0.15) is 5.75 Å². The van der Waals surface area contributed by atoms with E-state index in [0.29, 0.717) is 11.3 Å². The van der Waals surface area contributed by atoms with Crippen LogP contribution in [-0.2, 0) is 0 Å². The van der Waals surface area contributed by atoms with Gasteiger partial charge in [-0.1, -0.05) is 48.5 Å². The van der Waals surface area contributed by atoms with Crippen molar-refractivity contribution in [2.24, 2.45) is 0 Å². The molecule has 5 nitrogen and oxygen atoms in total. The zero-order chi connectivity index (χ0) is 16.9. The SMILES string of the molecule is O=C(c1ccccc1)c1ccc(Oc2ccccc2)c([N+](=O)[O-])c1. The lowest BCUT2D eigenvalue weighted by atomic mass is 10.0. The van der Waals surface area contributed by atoms with Crippen LogP contribution in [0.25, 0.3) is 0 Å². The fourth-order valence-corrected chi connectivity index (χ4v) is 2.26. The Morgan fingerprint density at radius 1 is 0.833 bits per heavy atom. The maximum atomic E-state index is 12.4. The Bertz CT molecular complexity index is 876. The van der Waals surface area contributed by atoms with Gasteiger partial charge in [-0.25, -0.2) is 0 Å². The van der Waals surface area contributed by atoms with Crippen LogP contribution in [0.1, 0.15) is 15.9 Å². The van der Waals surface area contributed by atoms with E-state index < -0.39 is 4.92 Å². The van der Waals surface area contributed by atoms with E-state index in [1.807, 2.05) is 6.07 Å². The summed E-state index contributed by atoms with van der Waals surface area (Å²) < 4.78 is 5.56. The molecule has 0 bridgehead atoms. The standard InChI is InChI=1S/C19H13NO4/c21-19(14-7-3-1-4-8-14)15-11-12-18(17(13-15)20(22)23)24-16-9-5-2-6-10-16/h1-13H. The van der Waals surface area contributed by atoms with Gasteiger partial charge in [0.25, 0.3) is 0 Å². The molecule has 3 aromatic rings. The number of benzene rings is 3. The molecule has 0 aliphatic rings. The number of carbonyl (C=O) groups excluding carboxylic acids is 1. The van der Waals surface area contributed by atoms with Gasteiger partial charge in [-0.3, -0.25) is 14.9 Å². The van der Waals surface area contributed by atoms with Crippen molar-refractivity contribution in [3.8, 4) is 11.5 Å². The van der Waals surface area contributed by atoms with Crippen molar-refractivity contribution in [3.63, 3.8) is 0 Å². The second-order valence-corrected chi connectivity index (χ2v) is 5.05. The second kappa shape index (κ2) is 6.75. The summed E-state index contributed by atoms with van der Waals surface area (Å²) in [5.74, 6) is 0.309. The summed E-state index contributed by atoms with van der Waals surface area (Å²) in [6.07, 6.45) is 0. The Morgan fingerprint density at radius 2 is 1.46 bits per heavy atom. The van der Waals surface area contributed by atoms with Crippen LogP contribution in [0.2, 0.25) is 0 Å².